The second kappa shape index (κ2) is 5.76. The Labute approximate surface area is 159 Å². The van der Waals surface area contributed by atoms with E-state index in [2.05, 4.69) is 81.7 Å². The van der Waals surface area contributed by atoms with Crippen molar-refractivity contribution in [3.05, 3.63) is 88.5 Å². The summed E-state index contributed by atoms with van der Waals surface area (Å²) in [6, 6.07) is 22.8. The van der Waals surface area contributed by atoms with Crippen LogP contribution in [0.4, 0.5) is 17.1 Å². The van der Waals surface area contributed by atoms with Gasteiger partial charge in [-0.15, -0.1) is 0 Å². The molecule has 3 aliphatic rings. The summed E-state index contributed by atoms with van der Waals surface area (Å²) in [5.41, 5.74) is 17.3. The van der Waals surface area contributed by atoms with E-state index in [1.165, 1.54) is 44.9 Å². The normalized spacial score (nSPS) is 19.3. The number of nitrogens with one attached hydrogen (secondary N) is 3. The minimum atomic E-state index is 0.386. The zero-order valence-electron chi connectivity index (χ0n) is 15.1. The Kier molecular flexibility index (Phi) is 3.22. The summed E-state index contributed by atoms with van der Waals surface area (Å²) in [6.45, 7) is 2.87. The topological polar surface area (TPSA) is 39.3 Å². The fourth-order valence-electron chi connectivity index (χ4n) is 4.58. The van der Waals surface area contributed by atoms with Gasteiger partial charge >= 0.3 is 0 Å². The highest BCUT2D eigenvalue weighted by molar-refractivity contribution is 5.65. The molecule has 0 aliphatic carbocycles. The third-order valence-corrected chi connectivity index (χ3v) is 6.09. The van der Waals surface area contributed by atoms with Crippen LogP contribution in [0.1, 0.15) is 33.9 Å². The van der Waals surface area contributed by atoms with Crippen LogP contribution < -0.4 is 21.1 Å². The highest BCUT2D eigenvalue weighted by Gasteiger charge is 2.25. The molecule has 0 saturated heterocycles. The van der Waals surface area contributed by atoms with E-state index in [0.29, 0.717) is 6.04 Å². The molecule has 0 bridgehead atoms. The Morgan fingerprint density at radius 2 is 1.67 bits per heavy atom. The summed E-state index contributed by atoms with van der Waals surface area (Å²) in [7, 11) is 0. The van der Waals surface area contributed by atoms with Crippen LogP contribution in [0.2, 0.25) is 0 Å². The summed E-state index contributed by atoms with van der Waals surface area (Å²) in [5, 5.41) is 3.68. The summed E-state index contributed by atoms with van der Waals surface area (Å²) >= 11 is 0. The van der Waals surface area contributed by atoms with Gasteiger partial charge in [0.25, 0.3) is 0 Å². The Morgan fingerprint density at radius 3 is 2.63 bits per heavy atom. The molecule has 0 spiro atoms. The lowest BCUT2D eigenvalue weighted by Gasteiger charge is -2.18. The standard InChI is InChI=1S/C23H22N4/c1-2-4-21-15(3-1)10-22(25-21)16-5-6-18-13-27(14-19(18)9-16)20-8-7-17-12-24-26-23(17)11-20/h1-9,11,22,24-26H,10,12-14H2. The van der Waals surface area contributed by atoms with Gasteiger partial charge in [0, 0.05) is 31.0 Å². The lowest BCUT2D eigenvalue weighted by Crippen LogP contribution is -2.14. The molecule has 4 heteroatoms. The van der Waals surface area contributed by atoms with Gasteiger partial charge in [0.2, 0.25) is 0 Å². The third-order valence-electron chi connectivity index (χ3n) is 6.09. The van der Waals surface area contributed by atoms with Crippen molar-refractivity contribution in [3.8, 4) is 0 Å². The molecule has 0 amide bonds. The Morgan fingerprint density at radius 1 is 0.778 bits per heavy atom. The number of hydrogen-bond acceptors (Lipinski definition) is 4. The second-order valence-corrected chi connectivity index (χ2v) is 7.76. The van der Waals surface area contributed by atoms with Crippen molar-refractivity contribution < 1.29 is 0 Å². The van der Waals surface area contributed by atoms with E-state index in [1.54, 1.807) is 0 Å². The van der Waals surface area contributed by atoms with Gasteiger partial charge in [-0.1, -0.05) is 42.5 Å². The van der Waals surface area contributed by atoms with Gasteiger partial charge in [0.15, 0.2) is 0 Å². The Balaban J connectivity index is 1.25. The van der Waals surface area contributed by atoms with Gasteiger partial charge in [-0.2, -0.15) is 0 Å². The number of hydrazine groups is 1. The van der Waals surface area contributed by atoms with Crippen molar-refractivity contribution in [2.75, 3.05) is 15.6 Å². The van der Waals surface area contributed by atoms with Crippen molar-refractivity contribution in [2.24, 2.45) is 0 Å². The van der Waals surface area contributed by atoms with E-state index in [1.807, 2.05) is 0 Å². The lowest BCUT2D eigenvalue weighted by molar-refractivity contribution is 0.821. The van der Waals surface area contributed by atoms with Crippen LogP contribution >= 0.6 is 0 Å². The van der Waals surface area contributed by atoms with Gasteiger partial charge in [0.1, 0.15) is 0 Å². The molecule has 0 aromatic heterocycles. The summed E-state index contributed by atoms with van der Waals surface area (Å²) < 4.78 is 0. The molecule has 1 unspecified atom stereocenters. The Bertz CT molecular complexity index is 1020. The third kappa shape index (κ3) is 2.48. The number of hydrogen-bond donors (Lipinski definition) is 3. The number of fused-ring (bicyclic) bond motifs is 3. The largest absolute Gasteiger partial charge is 0.378 e. The molecule has 6 rings (SSSR count). The van der Waals surface area contributed by atoms with Gasteiger partial charge in [-0.05, 0) is 52.4 Å². The number of nitrogens with zero attached hydrogens (tertiary/aromatic N) is 1. The van der Waals surface area contributed by atoms with E-state index in [9.17, 15) is 0 Å². The van der Waals surface area contributed by atoms with Crippen molar-refractivity contribution >= 4 is 17.1 Å². The second-order valence-electron chi connectivity index (χ2n) is 7.76. The SMILES string of the molecule is c1ccc2c(c1)CC(c1ccc3c(c1)CN(c1ccc4c(c1)NNC4)C3)N2. The first kappa shape index (κ1) is 15.1. The summed E-state index contributed by atoms with van der Waals surface area (Å²) in [5.74, 6) is 0. The van der Waals surface area contributed by atoms with Gasteiger partial charge in [0.05, 0.1) is 11.7 Å². The maximum atomic E-state index is 3.68. The summed E-state index contributed by atoms with van der Waals surface area (Å²) in [4.78, 5) is 2.46. The van der Waals surface area contributed by atoms with Gasteiger partial charge in [-0.25, -0.2) is 5.43 Å². The fourth-order valence-corrected chi connectivity index (χ4v) is 4.58. The molecule has 0 radical (unpaired) electrons. The van der Waals surface area contributed by atoms with Crippen LogP contribution in [0.5, 0.6) is 0 Å². The van der Waals surface area contributed by atoms with Crippen LogP contribution in [-0.4, -0.2) is 0 Å². The minimum Gasteiger partial charge on any atom is -0.378 e. The number of rotatable bonds is 2. The monoisotopic (exact) mass is 354 g/mol. The zero-order valence-corrected chi connectivity index (χ0v) is 15.1. The first-order chi connectivity index (χ1) is 13.3. The lowest BCUT2D eigenvalue weighted by atomic mass is 9.99. The molecule has 3 aromatic carbocycles. The maximum Gasteiger partial charge on any atom is 0.0555 e. The minimum absolute atomic E-state index is 0.386. The van der Waals surface area contributed by atoms with E-state index in [-0.39, 0.29) is 0 Å². The molecular formula is C23H22N4. The van der Waals surface area contributed by atoms with Crippen LogP contribution in [-0.2, 0) is 26.1 Å². The number of benzene rings is 3. The first-order valence-corrected chi connectivity index (χ1v) is 9.66. The smallest absolute Gasteiger partial charge is 0.0555 e. The van der Waals surface area contributed by atoms with E-state index < -0.39 is 0 Å². The maximum absolute atomic E-state index is 3.68. The average Bonchev–Trinajstić information content (AvgIpc) is 3.42. The molecule has 134 valence electrons. The molecular weight excluding hydrogens is 332 g/mol. The van der Waals surface area contributed by atoms with Crippen LogP contribution in [0.15, 0.2) is 60.7 Å². The highest BCUT2D eigenvalue weighted by Crippen LogP contribution is 2.37. The van der Waals surface area contributed by atoms with E-state index in [4.69, 9.17) is 0 Å². The quantitative estimate of drug-likeness (QED) is 0.640. The number of anilines is 3. The predicted octanol–water partition coefficient (Wildman–Crippen LogP) is 4.35. The van der Waals surface area contributed by atoms with Crippen molar-refractivity contribution in [1.29, 1.82) is 0 Å². The molecule has 3 aromatic rings. The van der Waals surface area contributed by atoms with Crippen molar-refractivity contribution in [1.82, 2.24) is 5.43 Å². The van der Waals surface area contributed by atoms with Crippen LogP contribution in [0.3, 0.4) is 0 Å². The van der Waals surface area contributed by atoms with Gasteiger partial charge < -0.3 is 15.6 Å². The molecule has 4 nitrogen and oxygen atoms in total. The van der Waals surface area contributed by atoms with Crippen LogP contribution in [0, 0.1) is 0 Å². The molecule has 3 aliphatic heterocycles. The van der Waals surface area contributed by atoms with Crippen molar-refractivity contribution in [3.63, 3.8) is 0 Å². The fraction of sp³-hybridized carbons (Fsp3) is 0.217. The zero-order chi connectivity index (χ0) is 17.8. The molecule has 1 atom stereocenters. The van der Waals surface area contributed by atoms with E-state index in [0.717, 1.165) is 26.1 Å². The van der Waals surface area contributed by atoms with Gasteiger partial charge in [-0.3, -0.25) is 0 Å². The predicted molar refractivity (Wildman–Crippen MR) is 110 cm³/mol. The molecule has 3 heterocycles. The first-order valence-electron chi connectivity index (χ1n) is 9.66. The molecule has 0 fully saturated rings. The molecule has 0 saturated carbocycles. The average molecular weight is 354 g/mol. The van der Waals surface area contributed by atoms with Crippen LogP contribution in [0.25, 0.3) is 0 Å². The van der Waals surface area contributed by atoms with E-state index >= 15 is 0 Å². The molecule has 3 N–H and O–H groups in total. The molecule has 27 heavy (non-hydrogen) atoms. The summed E-state index contributed by atoms with van der Waals surface area (Å²) in [6.07, 6.45) is 1.07. The Hall–Kier alpha value is -2.98. The van der Waals surface area contributed by atoms with Crippen molar-refractivity contribution in [2.45, 2.75) is 32.1 Å². The number of para-hydroxylation sites is 1. The highest BCUT2D eigenvalue weighted by atomic mass is 15.4.